The fraction of sp³-hybridized carbons (Fsp3) is 0.435. The van der Waals surface area contributed by atoms with E-state index in [1.807, 2.05) is 25.5 Å². The van der Waals surface area contributed by atoms with Crippen LogP contribution in [0.25, 0.3) is 11.0 Å². The number of rotatable bonds is 4. The first kappa shape index (κ1) is 22.8. The van der Waals surface area contributed by atoms with Crippen molar-refractivity contribution >= 4 is 40.2 Å². The van der Waals surface area contributed by atoms with Crippen LogP contribution in [0, 0.1) is 16.7 Å². The monoisotopic (exact) mass is 467 g/mol. The SMILES string of the molecule is CC(C)(C)COC(=O)N1CCC(n2ncc3c(Nc4ccc(C#N)cc4Cl)ncnc32)CC1. The Morgan fingerprint density at radius 1 is 1.30 bits per heavy atom. The second-order valence-electron chi connectivity index (χ2n) is 9.31. The van der Waals surface area contributed by atoms with Gasteiger partial charge in [0.15, 0.2) is 5.65 Å². The molecule has 0 spiro atoms. The summed E-state index contributed by atoms with van der Waals surface area (Å²) >= 11 is 6.30. The van der Waals surface area contributed by atoms with Gasteiger partial charge in [-0.15, -0.1) is 0 Å². The molecule has 9 nitrogen and oxygen atoms in total. The lowest BCUT2D eigenvalue weighted by atomic mass is 9.99. The molecule has 0 bridgehead atoms. The van der Waals surface area contributed by atoms with E-state index >= 15 is 0 Å². The molecule has 4 rings (SSSR count). The van der Waals surface area contributed by atoms with E-state index in [0.717, 1.165) is 18.2 Å². The summed E-state index contributed by atoms with van der Waals surface area (Å²) in [6, 6.07) is 7.23. The van der Waals surface area contributed by atoms with Gasteiger partial charge in [0.25, 0.3) is 0 Å². The van der Waals surface area contributed by atoms with E-state index in [1.165, 1.54) is 6.33 Å². The number of nitrogens with zero attached hydrogens (tertiary/aromatic N) is 6. The van der Waals surface area contributed by atoms with Crippen LogP contribution in [-0.4, -0.2) is 50.4 Å². The minimum Gasteiger partial charge on any atom is -0.449 e. The van der Waals surface area contributed by atoms with Crippen LogP contribution in [-0.2, 0) is 4.74 Å². The summed E-state index contributed by atoms with van der Waals surface area (Å²) in [4.78, 5) is 22.9. The Hall–Kier alpha value is -3.38. The van der Waals surface area contributed by atoms with Crippen molar-refractivity contribution in [3.8, 4) is 6.07 Å². The quantitative estimate of drug-likeness (QED) is 0.580. The molecule has 10 heteroatoms. The summed E-state index contributed by atoms with van der Waals surface area (Å²) in [6.45, 7) is 7.71. The first-order valence-electron chi connectivity index (χ1n) is 10.8. The molecule has 1 aromatic carbocycles. The molecule has 33 heavy (non-hydrogen) atoms. The lowest BCUT2D eigenvalue weighted by Crippen LogP contribution is -2.40. The number of hydrogen-bond donors (Lipinski definition) is 1. The van der Waals surface area contributed by atoms with E-state index in [1.54, 1.807) is 29.3 Å². The minimum absolute atomic E-state index is 0.0601. The molecule has 1 amide bonds. The van der Waals surface area contributed by atoms with Crippen LogP contribution in [0.1, 0.15) is 45.2 Å². The molecule has 1 aliphatic heterocycles. The van der Waals surface area contributed by atoms with E-state index in [9.17, 15) is 4.79 Å². The van der Waals surface area contributed by atoms with Gasteiger partial charge in [0.2, 0.25) is 0 Å². The Labute approximate surface area is 197 Å². The Morgan fingerprint density at radius 2 is 2.06 bits per heavy atom. The van der Waals surface area contributed by atoms with Gasteiger partial charge in [0, 0.05) is 13.1 Å². The van der Waals surface area contributed by atoms with Crippen LogP contribution in [0.2, 0.25) is 5.02 Å². The van der Waals surface area contributed by atoms with Gasteiger partial charge in [-0.1, -0.05) is 32.4 Å². The number of carbonyl (C=O) groups is 1. The smallest absolute Gasteiger partial charge is 0.409 e. The zero-order valence-electron chi connectivity index (χ0n) is 18.9. The summed E-state index contributed by atoms with van der Waals surface area (Å²) < 4.78 is 7.35. The molecule has 0 unspecified atom stereocenters. The van der Waals surface area contributed by atoms with Crippen molar-refractivity contribution in [2.45, 2.75) is 39.7 Å². The summed E-state index contributed by atoms with van der Waals surface area (Å²) in [5.74, 6) is 0.584. The number of ether oxygens (including phenoxy) is 1. The third-order valence-corrected chi connectivity index (χ3v) is 5.75. The van der Waals surface area contributed by atoms with Crippen molar-refractivity contribution in [1.29, 1.82) is 5.26 Å². The molecule has 1 N–H and O–H groups in total. The molecule has 3 aromatic rings. The number of nitriles is 1. The van der Waals surface area contributed by atoms with Gasteiger partial charge in [-0.25, -0.2) is 19.4 Å². The zero-order valence-corrected chi connectivity index (χ0v) is 19.6. The standard InChI is InChI=1S/C23H26ClN7O2/c1-23(2,3)13-33-22(32)30-8-6-16(7-9-30)31-21-17(12-28-31)20(26-14-27-21)29-19-5-4-15(11-25)10-18(19)24/h4-5,10,12,14,16H,6-9,13H2,1-3H3,(H,26,27,29). The fourth-order valence-electron chi connectivity index (χ4n) is 3.71. The number of hydrogen-bond acceptors (Lipinski definition) is 7. The Bertz CT molecular complexity index is 1200. The molecular formula is C23H26ClN7O2. The lowest BCUT2D eigenvalue weighted by Gasteiger charge is -2.32. The van der Waals surface area contributed by atoms with Crippen LogP contribution in [0.5, 0.6) is 0 Å². The highest BCUT2D eigenvalue weighted by molar-refractivity contribution is 6.33. The average molecular weight is 468 g/mol. The molecule has 1 saturated heterocycles. The number of nitrogens with one attached hydrogen (secondary N) is 1. The molecule has 3 heterocycles. The maximum atomic E-state index is 12.4. The summed E-state index contributed by atoms with van der Waals surface area (Å²) in [5.41, 5.74) is 1.78. The number of likely N-dealkylation sites (tertiary alicyclic amines) is 1. The van der Waals surface area contributed by atoms with E-state index in [4.69, 9.17) is 21.6 Å². The predicted molar refractivity (Wildman–Crippen MR) is 125 cm³/mol. The second-order valence-corrected chi connectivity index (χ2v) is 9.72. The highest BCUT2D eigenvalue weighted by atomic mass is 35.5. The highest BCUT2D eigenvalue weighted by Crippen LogP contribution is 2.31. The first-order chi connectivity index (χ1) is 15.7. The molecule has 1 aliphatic rings. The van der Waals surface area contributed by atoms with Gasteiger partial charge in [-0.05, 0) is 36.5 Å². The number of halogens is 1. The minimum atomic E-state index is -0.262. The predicted octanol–water partition coefficient (Wildman–Crippen LogP) is 4.91. The number of piperidine rings is 1. The molecule has 172 valence electrons. The molecule has 2 aromatic heterocycles. The molecular weight excluding hydrogens is 442 g/mol. The fourth-order valence-corrected chi connectivity index (χ4v) is 3.93. The largest absolute Gasteiger partial charge is 0.449 e. The summed E-state index contributed by atoms with van der Waals surface area (Å²) in [6.07, 6.45) is 4.48. The second kappa shape index (κ2) is 9.24. The molecule has 0 radical (unpaired) electrons. The molecule has 0 atom stereocenters. The van der Waals surface area contributed by atoms with E-state index in [0.29, 0.717) is 47.4 Å². The number of carbonyl (C=O) groups excluding carboxylic acids is 1. The maximum absolute atomic E-state index is 12.4. The zero-order chi connectivity index (χ0) is 23.6. The van der Waals surface area contributed by atoms with Gasteiger partial charge >= 0.3 is 6.09 Å². The van der Waals surface area contributed by atoms with Gasteiger partial charge in [-0.2, -0.15) is 10.4 Å². The van der Waals surface area contributed by atoms with Crippen LogP contribution < -0.4 is 5.32 Å². The van der Waals surface area contributed by atoms with E-state index in [2.05, 4.69) is 26.5 Å². The summed E-state index contributed by atoms with van der Waals surface area (Å²) in [7, 11) is 0. The van der Waals surface area contributed by atoms with Crippen LogP contribution in [0.4, 0.5) is 16.3 Å². The van der Waals surface area contributed by atoms with Crippen LogP contribution >= 0.6 is 11.6 Å². The molecule has 1 fully saturated rings. The van der Waals surface area contributed by atoms with Crippen LogP contribution in [0.15, 0.2) is 30.7 Å². The Kier molecular flexibility index (Phi) is 6.38. The van der Waals surface area contributed by atoms with Crippen molar-refractivity contribution in [3.05, 3.63) is 41.3 Å². The van der Waals surface area contributed by atoms with Crippen LogP contribution in [0.3, 0.4) is 0 Å². The third kappa shape index (κ3) is 5.17. The first-order valence-corrected chi connectivity index (χ1v) is 11.2. The topological polar surface area (TPSA) is 109 Å². The van der Waals surface area contributed by atoms with Crippen molar-refractivity contribution in [1.82, 2.24) is 24.6 Å². The highest BCUT2D eigenvalue weighted by Gasteiger charge is 2.27. The van der Waals surface area contributed by atoms with E-state index in [-0.39, 0.29) is 17.6 Å². The number of fused-ring (bicyclic) bond motifs is 1. The molecule has 0 aliphatic carbocycles. The maximum Gasteiger partial charge on any atom is 0.409 e. The van der Waals surface area contributed by atoms with Crippen molar-refractivity contribution in [3.63, 3.8) is 0 Å². The van der Waals surface area contributed by atoms with Gasteiger partial charge in [0.05, 0.1) is 46.6 Å². The molecule has 0 saturated carbocycles. The number of amides is 1. The summed E-state index contributed by atoms with van der Waals surface area (Å²) in [5, 5.41) is 18.0. The normalized spacial score (nSPS) is 14.8. The van der Waals surface area contributed by atoms with Gasteiger partial charge in [0.1, 0.15) is 12.1 Å². The third-order valence-electron chi connectivity index (χ3n) is 5.44. The number of benzene rings is 1. The lowest BCUT2D eigenvalue weighted by molar-refractivity contribution is 0.0622. The Balaban J connectivity index is 1.46. The average Bonchev–Trinajstić information content (AvgIpc) is 3.23. The van der Waals surface area contributed by atoms with Crippen molar-refractivity contribution in [2.75, 3.05) is 25.0 Å². The van der Waals surface area contributed by atoms with E-state index < -0.39 is 0 Å². The Morgan fingerprint density at radius 3 is 2.73 bits per heavy atom. The van der Waals surface area contributed by atoms with Gasteiger partial charge < -0.3 is 15.0 Å². The van der Waals surface area contributed by atoms with Crippen molar-refractivity contribution < 1.29 is 9.53 Å². The van der Waals surface area contributed by atoms with Gasteiger partial charge in [-0.3, -0.25) is 0 Å². The van der Waals surface area contributed by atoms with Crippen molar-refractivity contribution in [2.24, 2.45) is 5.41 Å². The number of anilines is 2. The number of aromatic nitrogens is 4.